The molecule has 1 aromatic carbocycles. The van der Waals surface area contributed by atoms with E-state index in [9.17, 15) is 32.4 Å². The number of sulfone groups is 1. The van der Waals surface area contributed by atoms with Crippen LogP contribution in [0.4, 0.5) is 4.79 Å². The van der Waals surface area contributed by atoms with Gasteiger partial charge in [-0.15, -0.1) is 9.78 Å². The van der Waals surface area contributed by atoms with Gasteiger partial charge in [0.15, 0.2) is 33.0 Å². The zero-order valence-corrected chi connectivity index (χ0v) is 23.6. The highest BCUT2D eigenvalue weighted by atomic mass is 35.5. The lowest BCUT2D eigenvalue weighted by Gasteiger charge is -2.19. The van der Waals surface area contributed by atoms with E-state index >= 15 is 0 Å². The molecule has 3 rings (SSSR count). The molecule has 2 aromatic rings. The number of ketones is 3. The molecule has 0 atom stereocenters. The third-order valence-corrected chi connectivity index (χ3v) is 6.84. The van der Waals surface area contributed by atoms with E-state index in [0.29, 0.717) is 12.2 Å². The van der Waals surface area contributed by atoms with Crippen molar-refractivity contribution in [3.05, 3.63) is 45.1 Å². The van der Waals surface area contributed by atoms with E-state index in [1.807, 2.05) is 34.6 Å². The largest absolute Gasteiger partial charge is 0.373 e. The number of amides is 1. The Morgan fingerprint density at radius 3 is 2.11 bits per heavy atom. The Bertz CT molecular complexity index is 1420. The van der Waals surface area contributed by atoms with E-state index in [0.717, 1.165) is 21.7 Å². The van der Waals surface area contributed by atoms with Gasteiger partial charge in [0, 0.05) is 36.1 Å². The van der Waals surface area contributed by atoms with Gasteiger partial charge < -0.3 is 11.2 Å². The summed E-state index contributed by atoms with van der Waals surface area (Å²) >= 11 is 5.94. The van der Waals surface area contributed by atoms with Gasteiger partial charge in [0.1, 0.15) is 5.92 Å². The molecule has 1 aliphatic rings. The van der Waals surface area contributed by atoms with E-state index in [4.69, 9.17) is 17.4 Å². The summed E-state index contributed by atoms with van der Waals surface area (Å²) in [5.74, 6) is 3.12. The first-order valence-corrected chi connectivity index (χ1v) is 14.0. The number of hydrogen-bond donors (Lipinski definition) is 2. The predicted octanol–water partition coefficient (Wildman–Crippen LogP) is 2.10. The lowest BCUT2D eigenvalue weighted by Crippen LogP contribution is -2.47. The maximum Gasteiger partial charge on any atom is 0.373 e. The van der Waals surface area contributed by atoms with E-state index in [1.165, 1.54) is 12.1 Å². The molecule has 3 N–H and O–H groups in total. The van der Waals surface area contributed by atoms with Crippen LogP contribution in [-0.4, -0.2) is 58.0 Å². The Balaban J connectivity index is 0.000000273. The van der Waals surface area contributed by atoms with Crippen molar-refractivity contribution in [1.82, 2.24) is 19.8 Å². The second kappa shape index (κ2) is 11.6. The third-order valence-electron chi connectivity index (χ3n) is 5.41. The first kappa shape index (κ1) is 30.9. The Morgan fingerprint density at radius 1 is 1.13 bits per heavy atom. The number of Topliss-reactive ketones (excluding diaryl/α,β-unsaturated/α-hetero) is 3. The molecular formula is C24H32ClN5O7S. The van der Waals surface area contributed by atoms with Crippen LogP contribution in [0.25, 0.3) is 0 Å². The smallest absolute Gasteiger partial charge is 0.333 e. The predicted molar refractivity (Wildman–Crippen MR) is 141 cm³/mol. The number of nitrogen functional groups attached to an aromatic ring is 1. The van der Waals surface area contributed by atoms with Gasteiger partial charge in [-0.3, -0.25) is 14.4 Å². The number of hydrogen-bond acceptors (Lipinski definition) is 9. The van der Waals surface area contributed by atoms with Gasteiger partial charge in [0.05, 0.1) is 9.92 Å². The topological polar surface area (TPSA) is 180 Å². The van der Waals surface area contributed by atoms with Crippen molar-refractivity contribution in [3.63, 3.8) is 0 Å². The van der Waals surface area contributed by atoms with Gasteiger partial charge in [0.2, 0.25) is 0 Å². The number of carbonyl (C=O) groups excluding carboxylic acids is 4. The summed E-state index contributed by atoms with van der Waals surface area (Å²) in [7, 11) is -3.44. The van der Waals surface area contributed by atoms with Crippen LogP contribution in [0.2, 0.25) is 5.02 Å². The molecule has 0 spiro atoms. The van der Waals surface area contributed by atoms with Crippen LogP contribution in [0.1, 0.15) is 76.0 Å². The zero-order valence-electron chi connectivity index (χ0n) is 22.1. The van der Waals surface area contributed by atoms with Crippen LogP contribution < -0.4 is 16.8 Å². The average molecular weight is 570 g/mol. The molecule has 0 aliphatic heterocycles. The highest BCUT2D eigenvalue weighted by Crippen LogP contribution is 2.27. The van der Waals surface area contributed by atoms with Gasteiger partial charge >= 0.3 is 11.7 Å². The molecule has 208 valence electrons. The number of nitrogens with zero attached hydrogens (tertiary/aromatic N) is 3. The van der Waals surface area contributed by atoms with Crippen LogP contribution >= 0.6 is 11.6 Å². The van der Waals surface area contributed by atoms with Crippen LogP contribution in [0.15, 0.2) is 27.9 Å². The molecule has 0 radical (unpaired) electrons. The lowest BCUT2D eigenvalue weighted by atomic mass is 9.82. The van der Waals surface area contributed by atoms with E-state index in [2.05, 4.69) is 10.4 Å². The Labute approximate surface area is 225 Å². The van der Waals surface area contributed by atoms with Crippen molar-refractivity contribution >= 4 is 44.8 Å². The standard InChI is InChI=1S/C14H13ClO5S.C10H19N5O2/c1-21(19,20)8-5-6-9(10(15)7-8)14(18)13-11(16)3-2-4-12(13)17;1-6(2)7-13-15(9(17)14(7)11)8(16)12-10(3,4)5/h5-7,13H,2-4H2,1H3;6H,11H2,1-5H3,(H,12,16). The van der Waals surface area contributed by atoms with E-state index < -0.39 is 50.4 Å². The van der Waals surface area contributed by atoms with Gasteiger partial charge in [-0.1, -0.05) is 25.4 Å². The fraction of sp³-hybridized carbons (Fsp3) is 0.500. The van der Waals surface area contributed by atoms with E-state index in [-0.39, 0.29) is 34.2 Å². The van der Waals surface area contributed by atoms with Crippen molar-refractivity contribution in [2.45, 2.75) is 70.2 Å². The van der Waals surface area contributed by atoms with Crippen LogP contribution in [0.3, 0.4) is 0 Å². The van der Waals surface area contributed by atoms with Crippen LogP contribution in [-0.2, 0) is 19.4 Å². The second-order valence-electron chi connectivity index (χ2n) is 10.3. The first-order chi connectivity index (χ1) is 17.3. The van der Waals surface area contributed by atoms with Gasteiger partial charge in [-0.25, -0.2) is 18.0 Å². The van der Waals surface area contributed by atoms with Crippen molar-refractivity contribution in [2.75, 3.05) is 12.1 Å². The molecule has 0 bridgehead atoms. The summed E-state index contributed by atoms with van der Waals surface area (Å²) in [6.07, 6.45) is 1.87. The summed E-state index contributed by atoms with van der Waals surface area (Å²) in [6.45, 7) is 9.14. The fourth-order valence-electron chi connectivity index (χ4n) is 3.57. The molecule has 14 heteroatoms. The van der Waals surface area contributed by atoms with Crippen LogP contribution in [0, 0.1) is 5.92 Å². The fourth-order valence-corrected chi connectivity index (χ4v) is 4.56. The number of aromatic nitrogens is 3. The minimum atomic E-state index is -3.44. The molecule has 1 heterocycles. The van der Waals surface area contributed by atoms with E-state index in [1.54, 1.807) is 0 Å². The van der Waals surface area contributed by atoms with Gasteiger partial charge in [-0.05, 0) is 45.4 Å². The summed E-state index contributed by atoms with van der Waals surface area (Å²) in [5, 5.41) is 6.50. The minimum Gasteiger partial charge on any atom is -0.333 e. The average Bonchev–Trinajstić information content (AvgIpc) is 3.07. The summed E-state index contributed by atoms with van der Waals surface area (Å²) in [5.41, 5.74) is -1.08. The molecule has 1 amide bonds. The summed E-state index contributed by atoms with van der Waals surface area (Å²) in [4.78, 5) is 59.3. The maximum absolute atomic E-state index is 12.3. The minimum absolute atomic E-state index is 0.00216. The first-order valence-electron chi connectivity index (χ1n) is 11.7. The Kier molecular flexibility index (Phi) is 9.43. The van der Waals surface area contributed by atoms with Crippen molar-refractivity contribution in [3.8, 4) is 0 Å². The maximum atomic E-state index is 12.3. The third kappa shape index (κ3) is 7.38. The monoisotopic (exact) mass is 569 g/mol. The summed E-state index contributed by atoms with van der Waals surface area (Å²) < 4.78 is 24.5. The number of nitrogens with one attached hydrogen (secondary N) is 1. The van der Waals surface area contributed by atoms with Crippen LogP contribution in [0.5, 0.6) is 0 Å². The number of halogens is 1. The molecule has 1 saturated carbocycles. The van der Waals surface area contributed by atoms with Gasteiger partial charge in [-0.2, -0.15) is 4.68 Å². The second-order valence-corrected chi connectivity index (χ2v) is 12.7. The SMILES string of the molecule is CC(C)c1nn(C(=O)NC(C)(C)C)c(=O)n1N.CS(=O)(=O)c1ccc(C(=O)C2C(=O)CCCC2=O)c(Cl)c1. The number of carbonyl (C=O) groups is 4. The molecule has 1 aromatic heterocycles. The number of nitrogens with two attached hydrogens (primary N) is 1. The van der Waals surface area contributed by atoms with Crippen molar-refractivity contribution < 1.29 is 27.6 Å². The normalized spacial score (nSPS) is 14.7. The Morgan fingerprint density at radius 2 is 1.68 bits per heavy atom. The summed E-state index contributed by atoms with van der Waals surface area (Å²) in [6, 6.07) is 3.07. The Hall–Kier alpha value is -3.32. The molecule has 1 aliphatic carbocycles. The quantitative estimate of drug-likeness (QED) is 0.316. The van der Waals surface area contributed by atoms with Gasteiger partial charge in [0.25, 0.3) is 0 Å². The molecule has 0 saturated heterocycles. The van der Waals surface area contributed by atoms with Crippen molar-refractivity contribution in [2.24, 2.45) is 5.92 Å². The molecular weight excluding hydrogens is 538 g/mol. The molecule has 12 nitrogen and oxygen atoms in total. The highest BCUT2D eigenvalue weighted by molar-refractivity contribution is 7.90. The zero-order chi connectivity index (χ0) is 29.2. The lowest BCUT2D eigenvalue weighted by molar-refractivity contribution is -0.133. The highest BCUT2D eigenvalue weighted by Gasteiger charge is 2.37. The molecule has 38 heavy (non-hydrogen) atoms. The molecule has 0 unspecified atom stereocenters. The number of benzene rings is 1. The number of rotatable bonds is 4. The molecule has 1 fully saturated rings. The van der Waals surface area contributed by atoms with Crippen molar-refractivity contribution in [1.29, 1.82) is 0 Å².